The molecule has 0 aliphatic rings. The molecule has 78 valence electrons. The maximum atomic E-state index is 13.5. The zero-order chi connectivity index (χ0) is 11.2. The maximum absolute atomic E-state index is 13.5. The predicted octanol–water partition coefficient (Wildman–Crippen LogP) is 2.89. The summed E-state index contributed by atoms with van der Waals surface area (Å²) in [7, 11) is 0. The summed E-state index contributed by atoms with van der Waals surface area (Å²) in [5, 5.41) is 9.09. The number of carbonyl (C=O) groups is 1. The summed E-state index contributed by atoms with van der Waals surface area (Å²) in [4.78, 5) is 10.8. The minimum atomic E-state index is -1.18. The average molecular weight is 208 g/mol. The van der Waals surface area contributed by atoms with E-state index in [-0.39, 0.29) is 11.1 Å². The van der Waals surface area contributed by atoms with Gasteiger partial charge in [0.1, 0.15) is 11.4 Å². The third kappa shape index (κ3) is 1.29. The summed E-state index contributed by atoms with van der Waals surface area (Å²) in [6.07, 6.45) is 0. The zero-order valence-electron chi connectivity index (χ0n) is 8.30. The van der Waals surface area contributed by atoms with Gasteiger partial charge in [-0.15, -0.1) is 0 Å². The third-order valence-corrected chi connectivity index (χ3v) is 2.42. The summed E-state index contributed by atoms with van der Waals surface area (Å²) in [5.41, 5.74) is 1.37. The van der Waals surface area contributed by atoms with Crippen molar-refractivity contribution in [1.82, 2.24) is 0 Å². The SMILES string of the molecule is Cc1ccc(F)c2c(C)c(C(=O)O)oc12. The lowest BCUT2D eigenvalue weighted by molar-refractivity contribution is 0.0664. The Bertz CT molecular complexity index is 554. The lowest BCUT2D eigenvalue weighted by Crippen LogP contribution is -1.95. The van der Waals surface area contributed by atoms with E-state index < -0.39 is 11.8 Å². The molecule has 2 rings (SSSR count). The Kier molecular flexibility index (Phi) is 2.00. The van der Waals surface area contributed by atoms with Crippen molar-refractivity contribution in [3.63, 3.8) is 0 Å². The van der Waals surface area contributed by atoms with Crippen LogP contribution in [0.1, 0.15) is 21.7 Å². The van der Waals surface area contributed by atoms with Gasteiger partial charge in [-0.2, -0.15) is 0 Å². The van der Waals surface area contributed by atoms with Gasteiger partial charge in [0.25, 0.3) is 0 Å². The van der Waals surface area contributed by atoms with Crippen LogP contribution < -0.4 is 0 Å². The number of fused-ring (bicyclic) bond motifs is 1. The molecule has 0 radical (unpaired) electrons. The third-order valence-electron chi connectivity index (χ3n) is 2.42. The summed E-state index contributed by atoms with van der Waals surface area (Å²) in [5.74, 6) is -1.83. The second-order valence-corrected chi connectivity index (χ2v) is 3.43. The van der Waals surface area contributed by atoms with Crippen molar-refractivity contribution in [2.45, 2.75) is 13.8 Å². The van der Waals surface area contributed by atoms with E-state index in [2.05, 4.69) is 0 Å². The summed E-state index contributed by atoms with van der Waals surface area (Å²) >= 11 is 0. The lowest BCUT2D eigenvalue weighted by Gasteiger charge is -1.95. The largest absolute Gasteiger partial charge is 0.475 e. The predicted molar refractivity (Wildman–Crippen MR) is 52.6 cm³/mol. The first-order valence-corrected chi connectivity index (χ1v) is 4.44. The molecule has 0 aliphatic heterocycles. The molecule has 4 heteroatoms. The molecule has 0 aliphatic carbocycles. The first-order valence-electron chi connectivity index (χ1n) is 4.44. The Labute approximate surface area is 85.1 Å². The number of hydrogen-bond donors (Lipinski definition) is 1. The first-order chi connectivity index (χ1) is 7.02. The Morgan fingerprint density at radius 2 is 2.07 bits per heavy atom. The second kappa shape index (κ2) is 3.08. The number of benzene rings is 1. The topological polar surface area (TPSA) is 50.4 Å². The van der Waals surface area contributed by atoms with Gasteiger partial charge in [0.05, 0.1) is 5.39 Å². The van der Waals surface area contributed by atoms with Crippen molar-refractivity contribution in [2.75, 3.05) is 0 Å². The second-order valence-electron chi connectivity index (χ2n) is 3.43. The molecule has 0 fully saturated rings. The van der Waals surface area contributed by atoms with E-state index in [1.807, 2.05) is 0 Å². The molecule has 0 amide bonds. The van der Waals surface area contributed by atoms with Crippen molar-refractivity contribution >= 4 is 16.9 Å². The van der Waals surface area contributed by atoms with Crippen LogP contribution in [0.2, 0.25) is 0 Å². The van der Waals surface area contributed by atoms with Crippen molar-refractivity contribution in [1.29, 1.82) is 0 Å². The number of carboxylic acid groups (broad SMARTS) is 1. The first kappa shape index (κ1) is 9.71. The van der Waals surface area contributed by atoms with Crippen molar-refractivity contribution in [2.24, 2.45) is 0 Å². The molecule has 2 aromatic rings. The number of aromatic carboxylic acids is 1. The molecule has 0 saturated heterocycles. The van der Waals surface area contributed by atoms with Crippen LogP contribution in [0.3, 0.4) is 0 Å². The fourth-order valence-corrected chi connectivity index (χ4v) is 1.64. The van der Waals surface area contributed by atoms with Crippen molar-refractivity contribution in [3.8, 4) is 0 Å². The Morgan fingerprint density at radius 3 is 2.60 bits per heavy atom. The van der Waals surface area contributed by atoms with Crippen molar-refractivity contribution in [3.05, 3.63) is 34.8 Å². The van der Waals surface area contributed by atoms with Gasteiger partial charge in [0, 0.05) is 5.56 Å². The fraction of sp³-hybridized carbons (Fsp3) is 0.182. The minimum Gasteiger partial charge on any atom is -0.475 e. The van der Waals surface area contributed by atoms with Crippen LogP contribution in [0.5, 0.6) is 0 Å². The normalized spacial score (nSPS) is 10.9. The van der Waals surface area contributed by atoms with E-state index in [1.54, 1.807) is 13.0 Å². The monoisotopic (exact) mass is 208 g/mol. The maximum Gasteiger partial charge on any atom is 0.372 e. The molecule has 0 unspecified atom stereocenters. The van der Waals surface area contributed by atoms with Crippen LogP contribution >= 0.6 is 0 Å². The quantitative estimate of drug-likeness (QED) is 0.783. The molecule has 1 N–H and O–H groups in total. The molecule has 0 spiro atoms. The van der Waals surface area contributed by atoms with E-state index >= 15 is 0 Å². The van der Waals surface area contributed by atoms with Gasteiger partial charge < -0.3 is 9.52 Å². The van der Waals surface area contributed by atoms with Gasteiger partial charge in [0.15, 0.2) is 0 Å². The summed E-state index contributed by atoms with van der Waals surface area (Å²) in [6, 6.07) is 2.87. The van der Waals surface area contributed by atoms with Crippen LogP contribution in [0, 0.1) is 19.7 Å². The molecule has 1 heterocycles. The van der Waals surface area contributed by atoms with E-state index in [9.17, 15) is 9.18 Å². The van der Waals surface area contributed by atoms with Gasteiger partial charge in [-0.1, -0.05) is 6.07 Å². The number of rotatable bonds is 1. The lowest BCUT2D eigenvalue weighted by atomic mass is 10.1. The van der Waals surface area contributed by atoms with Crippen LogP contribution in [0.4, 0.5) is 4.39 Å². The number of hydrogen-bond acceptors (Lipinski definition) is 2. The molecule has 15 heavy (non-hydrogen) atoms. The van der Waals surface area contributed by atoms with E-state index in [0.717, 1.165) is 5.56 Å². The highest BCUT2D eigenvalue weighted by Crippen LogP contribution is 2.29. The van der Waals surface area contributed by atoms with Gasteiger partial charge in [-0.05, 0) is 25.5 Å². The van der Waals surface area contributed by atoms with E-state index in [1.165, 1.54) is 13.0 Å². The van der Waals surface area contributed by atoms with Crippen LogP contribution in [-0.4, -0.2) is 11.1 Å². The molecular weight excluding hydrogens is 199 g/mol. The summed E-state index contributed by atoms with van der Waals surface area (Å²) in [6.45, 7) is 3.29. The van der Waals surface area contributed by atoms with Crippen LogP contribution in [-0.2, 0) is 0 Å². The minimum absolute atomic E-state index is 0.196. The van der Waals surface area contributed by atoms with Gasteiger partial charge in [0.2, 0.25) is 5.76 Å². The van der Waals surface area contributed by atoms with Gasteiger partial charge in [-0.25, -0.2) is 9.18 Å². The standard InChI is InChI=1S/C11H9FO3/c1-5-3-4-7(12)8-6(2)10(11(13)14)15-9(5)8/h3-4H,1-2H3,(H,13,14). The Morgan fingerprint density at radius 1 is 1.40 bits per heavy atom. The number of halogens is 1. The van der Waals surface area contributed by atoms with E-state index in [0.29, 0.717) is 11.1 Å². The Hall–Kier alpha value is -1.84. The van der Waals surface area contributed by atoms with Crippen molar-refractivity contribution < 1.29 is 18.7 Å². The molecule has 0 bridgehead atoms. The number of furan rings is 1. The molecule has 1 aromatic carbocycles. The highest BCUT2D eigenvalue weighted by atomic mass is 19.1. The highest BCUT2D eigenvalue weighted by molar-refractivity contribution is 5.96. The summed E-state index contributed by atoms with van der Waals surface area (Å²) < 4.78 is 18.6. The molecule has 0 saturated carbocycles. The number of carboxylic acids is 1. The average Bonchev–Trinajstić information content (AvgIpc) is 2.51. The molecular formula is C11H9FO3. The fourth-order valence-electron chi connectivity index (χ4n) is 1.64. The molecule has 1 aromatic heterocycles. The molecule has 3 nitrogen and oxygen atoms in total. The van der Waals surface area contributed by atoms with Crippen LogP contribution in [0.15, 0.2) is 16.5 Å². The number of aryl methyl sites for hydroxylation is 2. The van der Waals surface area contributed by atoms with E-state index in [4.69, 9.17) is 9.52 Å². The van der Waals surface area contributed by atoms with Gasteiger partial charge >= 0.3 is 5.97 Å². The zero-order valence-corrected chi connectivity index (χ0v) is 8.30. The highest BCUT2D eigenvalue weighted by Gasteiger charge is 2.20. The van der Waals surface area contributed by atoms with Gasteiger partial charge in [-0.3, -0.25) is 0 Å². The smallest absolute Gasteiger partial charge is 0.372 e. The Balaban J connectivity index is 2.93. The molecule has 0 atom stereocenters. The van der Waals surface area contributed by atoms with Crippen LogP contribution in [0.25, 0.3) is 11.0 Å².